The molecule has 1 aromatic carbocycles. The Morgan fingerprint density at radius 3 is 3.00 bits per heavy atom. The van der Waals surface area contributed by atoms with E-state index >= 15 is 0 Å². The molecule has 1 atom stereocenters. The Hall–Kier alpha value is -2.15. The number of benzene rings is 1. The molecule has 2 rings (SSSR count). The molecule has 1 heterocycles. The highest BCUT2D eigenvalue weighted by molar-refractivity contribution is 6.32. The van der Waals surface area contributed by atoms with Gasteiger partial charge in [-0.25, -0.2) is 0 Å². The largest absolute Gasteiger partial charge is 0.482 e. The van der Waals surface area contributed by atoms with Gasteiger partial charge >= 0.3 is 0 Å². The minimum atomic E-state index is -0.346. The molecule has 100 valence electrons. The van der Waals surface area contributed by atoms with Crippen LogP contribution in [-0.4, -0.2) is 33.1 Å². The van der Waals surface area contributed by atoms with E-state index in [1.807, 2.05) is 0 Å². The molecule has 0 fully saturated rings. The molecule has 2 aromatic rings. The number of carbonyl (C=O) groups is 1. The number of rotatable bonds is 5. The first-order chi connectivity index (χ1) is 9.16. The standard InChI is InChI=1S/C11H12ClN5O2/c1-7(11-14-16-17-15-11)13-10(18)6-19-9-5-3-2-4-8(9)12/h2-5,7H,6H2,1H3,(H,13,18)(H,14,15,16,17). The third kappa shape index (κ3) is 3.65. The molecular formula is C11H12ClN5O2. The van der Waals surface area contributed by atoms with Crippen LogP contribution in [-0.2, 0) is 4.79 Å². The summed E-state index contributed by atoms with van der Waals surface area (Å²) in [5.41, 5.74) is 0. The van der Waals surface area contributed by atoms with Crippen LogP contribution in [0.3, 0.4) is 0 Å². The van der Waals surface area contributed by atoms with Gasteiger partial charge in [0.1, 0.15) is 5.75 Å². The molecule has 1 unspecified atom stereocenters. The molecule has 0 radical (unpaired) electrons. The number of aromatic nitrogens is 4. The number of tetrazole rings is 1. The predicted molar refractivity (Wildman–Crippen MR) is 67.7 cm³/mol. The topological polar surface area (TPSA) is 92.8 Å². The van der Waals surface area contributed by atoms with E-state index in [9.17, 15) is 4.79 Å². The van der Waals surface area contributed by atoms with E-state index in [0.717, 1.165) is 0 Å². The molecular weight excluding hydrogens is 270 g/mol. The lowest BCUT2D eigenvalue weighted by Gasteiger charge is -2.11. The number of ether oxygens (including phenoxy) is 1. The quantitative estimate of drug-likeness (QED) is 0.856. The van der Waals surface area contributed by atoms with E-state index in [-0.39, 0.29) is 18.6 Å². The van der Waals surface area contributed by atoms with Gasteiger partial charge in [-0.05, 0) is 19.1 Å². The number of H-pyrrole nitrogens is 1. The van der Waals surface area contributed by atoms with Crippen LogP contribution >= 0.6 is 11.6 Å². The van der Waals surface area contributed by atoms with Crippen molar-refractivity contribution < 1.29 is 9.53 Å². The van der Waals surface area contributed by atoms with Crippen molar-refractivity contribution in [1.82, 2.24) is 25.9 Å². The number of halogens is 1. The second kappa shape index (κ2) is 6.14. The summed E-state index contributed by atoms with van der Waals surface area (Å²) >= 11 is 5.91. The number of para-hydroxylation sites is 1. The monoisotopic (exact) mass is 281 g/mol. The Labute approximate surface area is 114 Å². The van der Waals surface area contributed by atoms with Gasteiger partial charge in [-0.2, -0.15) is 5.21 Å². The van der Waals surface area contributed by atoms with Crippen molar-refractivity contribution in [3.63, 3.8) is 0 Å². The van der Waals surface area contributed by atoms with Crippen molar-refractivity contribution >= 4 is 17.5 Å². The fraction of sp³-hybridized carbons (Fsp3) is 0.273. The highest BCUT2D eigenvalue weighted by atomic mass is 35.5. The maximum absolute atomic E-state index is 11.7. The molecule has 1 amide bonds. The lowest BCUT2D eigenvalue weighted by atomic mass is 10.3. The first-order valence-corrected chi connectivity index (χ1v) is 5.94. The Morgan fingerprint density at radius 1 is 1.53 bits per heavy atom. The number of aromatic amines is 1. The van der Waals surface area contributed by atoms with Gasteiger partial charge < -0.3 is 10.1 Å². The molecule has 7 nitrogen and oxygen atoms in total. The van der Waals surface area contributed by atoms with Gasteiger partial charge in [0.15, 0.2) is 12.4 Å². The number of hydrogen-bond donors (Lipinski definition) is 2. The lowest BCUT2D eigenvalue weighted by molar-refractivity contribution is -0.123. The second-order valence-electron chi connectivity index (χ2n) is 3.78. The fourth-order valence-electron chi connectivity index (χ4n) is 1.41. The van der Waals surface area contributed by atoms with Crippen LogP contribution in [0, 0.1) is 0 Å². The van der Waals surface area contributed by atoms with E-state index in [1.165, 1.54) is 0 Å². The van der Waals surface area contributed by atoms with Gasteiger partial charge in [-0.3, -0.25) is 4.79 Å². The summed E-state index contributed by atoms with van der Waals surface area (Å²) in [6.45, 7) is 1.62. The van der Waals surface area contributed by atoms with Gasteiger partial charge in [0.2, 0.25) is 0 Å². The highest BCUT2D eigenvalue weighted by Gasteiger charge is 2.14. The maximum atomic E-state index is 11.7. The summed E-state index contributed by atoms with van der Waals surface area (Å²) in [5.74, 6) is 0.579. The van der Waals surface area contributed by atoms with Crippen LogP contribution in [0.1, 0.15) is 18.8 Å². The van der Waals surface area contributed by atoms with Crippen molar-refractivity contribution in [2.45, 2.75) is 13.0 Å². The SMILES string of the molecule is CC(NC(=O)COc1ccccc1Cl)c1nn[nH]n1. The highest BCUT2D eigenvalue weighted by Crippen LogP contribution is 2.22. The molecule has 19 heavy (non-hydrogen) atoms. The fourth-order valence-corrected chi connectivity index (χ4v) is 1.60. The summed E-state index contributed by atoms with van der Waals surface area (Å²) in [4.78, 5) is 11.7. The summed E-state index contributed by atoms with van der Waals surface area (Å²) in [6.07, 6.45) is 0. The van der Waals surface area contributed by atoms with E-state index in [2.05, 4.69) is 25.9 Å². The van der Waals surface area contributed by atoms with Crippen LogP contribution in [0.2, 0.25) is 5.02 Å². The van der Waals surface area contributed by atoms with Gasteiger partial charge in [-0.1, -0.05) is 28.9 Å². The zero-order chi connectivity index (χ0) is 13.7. The van der Waals surface area contributed by atoms with Crippen LogP contribution in [0.5, 0.6) is 5.75 Å². The number of carbonyl (C=O) groups excluding carboxylic acids is 1. The Morgan fingerprint density at radius 2 is 2.32 bits per heavy atom. The molecule has 0 bridgehead atoms. The van der Waals surface area contributed by atoms with Crippen LogP contribution in [0.15, 0.2) is 24.3 Å². The van der Waals surface area contributed by atoms with Gasteiger partial charge in [0, 0.05) is 0 Å². The number of amides is 1. The second-order valence-corrected chi connectivity index (χ2v) is 4.19. The van der Waals surface area contributed by atoms with E-state index in [1.54, 1.807) is 31.2 Å². The maximum Gasteiger partial charge on any atom is 0.258 e. The molecule has 8 heteroatoms. The summed E-state index contributed by atoms with van der Waals surface area (Å²) in [5, 5.41) is 16.4. The van der Waals surface area contributed by atoms with E-state index in [0.29, 0.717) is 16.6 Å². The molecule has 2 N–H and O–H groups in total. The van der Waals surface area contributed by atoms with Crippen molar-refractivity contribution in [2.24, 2.45) is 0 Å². The number of nitrogens with one attached hydrogen (secondary N) is 2. The Bertz CT molecular complexity index is 546. The minimum absolute atomic E-state index is 0.133. The smallest absolute Gasteiger partial charge is 0.258 e. The van der Waals surface area contributed by atoms with Gasteiger partial charge in [0.25, 0.3) is 5.91 Å². The van der Waals surface area contributed by atoms with Crippen molar-refractivity contribution in [3.05, 3.63) is 35.1 Å². The van der Waals surface area contributed by atoms with Crippen molar-refractivity contribution in [1.29, 1.82) is 0 Å². The normalized spacial score (nSPS) is 11.9. The third-order valence-corrected chi connectivity index (χ3v) is 2.63. The third-order valence-electron chi connectivity index (χ3n) is 2.32. The molecule has 0 saturated carbocycles. The molecule has 0 aliphatic rings. The van der Waals surface area contributed by atoms with Crippen LogP contribution < -0.4 is 10.1 Å². The van der Waals surface area contributed by atoms with Crippen LogP contribution in [0.4, 0.5) is 0 Å². The van der Waals surface area contributed by atoms with Crippen LogP contribution in [0.25, 0.3) is 0 Å². The summed E-state index contributed by atoms with van der Waals surface area (Å²) < 4.78 is 5.31. The van der Waals surface area contributed by atoms with Gasteiger partial charge in [-0.15, -0.1) is 10.2 Å². The number of hydrogen-bond acceptors (Lipinski definition) is 5. The summed E-state index contributed by atoms with van der Waals surface area (Å²) in [7, 11) is 0. The summed E-state index contributed by atoms with van der Waals surface area (Å²) in [6, 6.07) is 6.60. The first-order valence-electron chi connectivity index (χ1n) is 5.57. The first kappa shape index (κ1) is 13.3. The number of nitrogens with zero attached hydrogens (tertiary/aromatic N) is 3. The molecule has 0 saturated heterocycles. The lowest BCUT2D eigenvalue weighted by Crippen LogP contribution is -2.31. The van der Waals surface area contributed by atoms with E-state index in [4.69, 9.17) is 16.3 Å². The average molecular weight is 282 g/mol. The Kier molecular flexibility index (Phi) is 4.30. The Balaban J connectivity index is 1.84. The molecule has 1 aromatic heterocycles. The average Bonchev–Trinajstić information content (AvgIpc) is 2.91. The predicted octanol–water partition coefficient (Wildman–Crippen LogP) is 1.11. The van der Waals surface area contributed by atoms with Gasteiger partial charge in [0.05, 0.1) is 11.1 Å². The van der Waals surface area contributed by atoms with Crippen molar-refractivity contribution in [3.8, 4) is 5.75 Å². The zero-order valence-corrected chi connectivity index (χ0v) is 10.9. The molecule has 0 spiro atoms. The molecule has 0 aliphatic carbocycles. The zero-order valence-electron chi connectivity index (χ0n) is 10.1. The van der Waals surface area contributed by atoms with Crippen molar-refractivity contribution in [2.75, 3.05) is 6.61 Å². The minimum Gasteiger partial charge on any atom is -0.482 e. The van der Waals surface area contributed by atoms with E-state index < -0.39 is 0 Å². The molecule has 0 aliphatic heterocycles.